The van der Waals surface area contributed by atoms with Crippen LogP contribution in [0.25, 0.3) is 10.9 Å². The molecular formula is C23H31N3O4S. The van der Waals surface area contributed by atoms with Crippen LogP contribution in [0.5, 0.6) is 11.5 Å². The average molecular weight is 446 g/mol. The van der Waals surface area contributed by atoms with Gasteiger partial charge >= 0.3 is 0 Å². The molecule has 1 atom stereocenters. The Balaban J connectivity index is 2.03. The Morgan fingerprint density at radius 2 is 1.84 bits per heavy atom. The fourth-order valence-corrected chi connectivity index (χ4v) is 4.72. The smallest absolute Gasteiger partial charge is 0.279 e. The first-order chi connectivity index (χ1) is 14.9. The summed E-state index contributed by atoms with van der Waals surface area (Å²) in [6, 6.07) is 13.6. The van der Waals surface area contributed by atoms with E-state index in [2.05, 4.69) is 9.71 Å². The first kappa shape index (κ1) is 23.1. The number of hydrogen-bond acceptors (Lipinski definition) is 4. The lowest BCUT2D eigenvalue weighted by Gasteiger charge is -2.24. The summed E-state index contributed by atoms with van der Waals surface area (Å²) in [6.07, 6.45) is 3.68. The monoisotopic (exact) mass is 445 g/mol. The molecule has 0 aliphatic carbocycles. The second kappa shape index (κ2) is 10.2. The molecule has 7 nitrogen and oxygen atoms in total. The van der Waals surface area contributed by atoms with Gasteiger partial charge in [-0.3, -0.25) is 0 Å². The maximum atomic E-state index is 12.8. The SMILES string of the molecule is CCCCN(C)S(=O)(=O)NCC(c1cccc(OC)c1OC)c1c[nH]c2ccccc12. The van der Waals surface area contributed by atoms with E-state index in [1.807, 2.05) is 55.6 Å². The van der Waals surface area contributed by atoms with Crippen molar-refractivity contribution in [2.75, 3.05) is 34.4 Å². The summed E-state index contributed by atoms with van der Waals surface area (Å²) in [6.45, 7) is 2.70. The van der Waals surface area contributed by atoms with Gasteiger partial charge in [-0.15, -0.1) is 0 Å². The number of unbranched alkanes of at least 4 members (excludes halogenated alkanes) is 1. The van der Waals surface area contributed by atoms with Gasteiger partial charge in [-0.2, -0.15) is 12.7 Å². The Morgan fingerprint density at radius 3 is 2.55 bits per heavy atom. The van der Waals surface area contributed by atoms with Crippen molar-refractivity contribution in [2.45, 2.75) is 25.7 Å². The van der Waals surface area contributed by atoms with E-state index < -0.39 is 10.2 Å². The summed E-state index contributed by atoms with van der Waals surface area (Å²) >= 11 is 0. The normalized spacial score (nSPS) is 12.9. The summed E-state index contributed by atoms with van der Waals surface area (Å²) < 4.78 is 41.0. The van der Waals surface area contributed by atoms with Crippen molar-refractivity contribution in [3.63, 3.8) is 0 Å². The molecular weight excluding hydrogens is 414 g/mol. The van der Waals surface area contributed by atoms with Crippen molar-refractivity contribution in [1.29, 1.82) is 0 Å². The van der Waals surface area contributed by atoms with Crippen LogP contribution in [0.2, 0.25) is 0 Å². The van der Waals surface area contributed by atoms with Gasteiger partial charge in [0.05, 0.1) is 14.2 Å². The van der Waals surface area contributed by atoms with Crippen LogP contribution in [0.3, 0.4) is 0 Å². The molecule has 168 valence electrons. The molecule has 0 bridgehead atoms. The molecule has 0 aliphatic rings. The standard InChI is InChI=1S/C23H31N3O4S/c1-5-6-14-26(2)31(27,28)25-16-20(18-11-9-13-22(29-3)23(18)30-4)19-15-24-21-12-8-7-10-17(19)21/h7-13,15,20,24-25H,5-6,14,16H2,1-4H3. The van der Waals surface area contributed by atoms with Gasteiger partial charge < -0.3 is 14.5 Å². The minimum atomic E-state index is -3.61. The number of ether oxygens (including phenoxy) is 2. The first-order valence-corrected chi connectivity index (χ1v) is 11.8. The Labute approximate surface area is 184 Å². The molecule has 3 aromatic rings. The minimum Gasteiger partial charge on any atom is -0.493 e. The Hall–Kier alpha value is -2.55. The van der Waals surface area contributed by atoms with Crippen molar-refractivity contribution in [2.24, 2.45) is 0 Å². The van der Waals surface area contributed by atoms with Crippen LogP contribution in [0, 0.1) is 0 Å². The van der Waals surface area contributed by atoms with Crippen LogP contribution in [-0.2, 0) is 10.2 Å². The summed E-state index contributed by atoms with van der Waals surface area (Å²) in [5.41, 5.74) is 2.83. The Morgan fingerprint density at radius 1 is 1.06 bits per heavy atom. The van der Waals surface area contributed by atoms with E-state index in [9.17, 15) is 8.42 Å². The summed E-state index contributed by atoms with van der Waals surface area (Å²) in [5.74, 6) is 0.919. The molecule has 1 unspecified atom stereocenters. The van der Waals surface area contributed by atoms with Crippen LogP contribution < -0.4 is 14.2 Å². The quantitative estimate of drug-likeness (QED) is 0.469. The highest BCUT2D eigenvalue weighted by Gasteiger charge is 2.26. The predicted molar refractivity (Wildman–Crippen MR) is 124 cm³/mol. The van der Waals surface area contributed by atoms with E-state index in [-0.39, 0.29) is 12.5 Å². The number of fused-ring (bicyclic) bond motifs is 1. The zero-order valence-corrected chi connectivity index (χ0v) is 19.3. The van der Waals surface area contributed by atoms with Crippen LogP contribution in [0.15, 0.2) is 48.7 Å². The molecule has 0 saturated carbocycles. The van der Waals surface area contributed by atoms with E-state index in [1.165, 1.54) is 4.31 Å². The molecule has 2 N–H and O–H groups in total. The first-order valence-electron chi connectivity index (χ1n) is 10.4. The fraction of sp³-hybridized carbons (Fsp3) is 0.391. The van der Waals surface area contributed by atoms with Gasteiger partial charge in [0.1, 0.15) is 0 Å². The van der Waals surface area contributed by atoms with Gasteiger partial charge in [-0.25, -0.2) is 4.72 Å². The molecule has 0 radical (unpaired) electrons. The number of methoxy groups -OCH3 is 2. The summed E-state index contributed by atoms with van der Waals surface area (Å²) in [7, 11) is 1.17. The van der Waals surface area contributed by atoms with Gasteiger partial charge in [-0.05, 0) is 24.1 Å². The molecule has 0 amide bonds. The van der Waals surface area contributed by atoms with Crippen molar-refractivity contribution in [3.05, 3.63) is 59.8 Å². The number of hydrogen-bond donors (Lipinski definition) is 2. The summed E-state index contributed by atoms with van der Waals surface area (Å²) in [4.78, 5) is 3.29. The molecule has 31 heavy (non-hydrogen) atoms. The van der Waals surface area contributed by atoms with Crippen LogP contribution >= 0.6 is 0 Å². The predicted octanol–water partition coefficient (Wildman–Crippen LogP) is 3.88. The van der Waals surface area contributed by atoms with Crippen molar-refractivity contribution >= 4 is 21.1 Å². The number of nitrogens with one attached hydrogen (secondary N) is 2. The minimum absolute atomic E-state index is 0.185. The van der Waals surface area contributed by atoms with Crippen molar-refractivity contribution < 1.29 is 17.9 Å². The van der Waals surface area contributed by atoms with Gasteiger partial charge in [0.15, 0.2) is 11.5 Å². The highest BCUT2D eigenvalue weighted by Crippen LogP contribution is 2.40. The van der Waals surface area contributed by atoms with E-state index in [1.54, 1.807) is 21.3 Å². The van der Waals surface area contributed by atoms with Crippen molar-refractivity contribution in [1.82, 2.24) is 14.0 Å². The van der Waals surface area contributed by atoms with E-state index in [4.69, 9.17) is 9.47 Å². The van der Waals surface area contributed by atoms with Gasteiger partial charge in [0.2, 0.25) is 0 Å². The molecule has 3 rings (SSSR count). The largest absolute Gasteiger partial charge is 0.493 e. The third-order valence-electron chi connectivity index (χ3n) is 5.51. The van der Waals surface area contributed by atoms with Crippen molar-refractivity contribution in [3.8, 4) is 11.5 Å². The van der Waals surface area contributed by atoms with Gasteiger partial charge in [0.25, 0.3) is 10.2 Å². The maximum Gasteiger partial charge on any atom is 0.279 e. The lowest BCUT2D eigenvalue weighted by atomic mass is 9.90. The van der Waals surface area contributed by atoms with Gasteiger partial charge in [0, 0.05) is 48.7 Å². The topological polar surface area (TPSA) is 83.7 Å². The number of benzene rings is 2. The van der Waals surface area contributed by atoms with Crippen LogP contribution in [0.1, 0.15) is 36.8 Å². The second-order valence-electron chi connectivity index (χ2n) is 7.45. The Kier molecular flexibility index (Phi) is 7.59. The van der Waals surface area contributed by atoms with Crippen LogP contribution in [0.4, 0.5) is 0 Å². The van der Waals surface area contributed by atoms with Gasteiger partial charge in [-0.1, -0.05) is 43.7 Å². The zero-order chi connectivity index (χ0) is 22.4. The molecule has 0 fully saturated rings. The Bertz CT molecular complexity index is 1110. The third kappa shape index (κ3) is 5.03. The number of rotatable bonds is 11. The zero-order valence-electron chi connectivity index (χ0n) is 18.5. The summed E-state index contributed by atoms with van der Waals surface area (Å²) in [5, 5.41) is 1.04. The lowest BCUT2D eigenvalue weighted by Crippen LogP contribution is -2.40. The third-order valence-corrected chi connectivity index (χ3v) is 7.05. The molecule has 1 heterocycles. The highest BCUT2D eigenvalue weighted by atomic mass is 32.2. The van der Waals surface area contributed by atoms with E-state index in [0.717, 1.165) is 34.9 Å². The molecule has 2 aromatic carbocycles. The molecule has 1 aromatic heterocycles. The number of aromatic nitrogens is 1. The van der Waals surface area contributed by atoms with E-state index >= 15 is 0 Å². The molecule has 0 saturated heterocycles. The molecule has 0 spiro atoms. The number of aromatic amines is 1. The molecule has 0 aliphatic heterocycles. The average Bonchev–Trinajstić information content (AvgIpc) is 3.21. The van der Waals surface area contributed by atoms with Crippen LogP contribution in [-0.4, -0.2) is 52.1 Å². The molecule has 8 heteroatoms. The number of H-pyrrole nitrogens is 1. The number of nitrogens with zero attached hydrogens (tertiary/aromatic N) is 1. The maximum absolute atomic E-state index is 12.8. The number of para-hydroxylation sites is 2. The highest BCUT2D eigenvalue weighted by molar-refractivity contribution is 7.87. The second-order valence-corrected chi connectivity index (χ2v) is 9.32. The van der Waals surface area contributed by atoms with E-state index in [0.29, 0.717) is 18.0 Å². The fourth-order valence-electron chi connectivity index (χ4n) is 3.76. The lowest BCUT2D eigenvalue weighted by molar-refractivity contribution is 0.350.